The number of halogens is 1. The highest BCUT2D eigenvalue weighted by molar-refractivity contribution is 7.98. The van der Waals surface area contributed by atoms with Crippen molar-refractivity contribution >= 4 is 44.8 Å². The standard InChI is InChI=1S/C10H9ClOS2/c1-12-10-4-6-3-7(11)9(13-2)5-8(6)14-10/h3-5H,1-2H3. The van der Waals surface area contributed by atoms with Crippen LogP contribution in [-0.4, -0.2) is 13.4 Å². The van der Waals surface area contributed by atoms with E-state index < -0.39 is 0 Å². The van der Waals surface area contributed by atoms with Gasteiger partial charge in [0, 0.05) is 9.60 Å². The number of thiophene rings is 1. The summed E-state index contributed by atoms with van der Waals surface area (Å²) in [5.41, 5.74) is 0. The zero-order chi connectivity index (χ0) is 10.1. The number of methoxy groups -OCH3 is 1. The minimum Gasteiger partial charge on any atom is -0.487 e. The van der Waals surface area contributed by atoms with E-state index in [4.69, 9.17) is 16.3 Å². The van der Waals surface area contributed by atoms with Crippen LogP contribution in [-0.2, 0) is 0 Å². The lowest BCUT2D eigenvalue weighted by molar-refractivity contribution is 0.427. The Kier molecular flexibility index (Phi) is 2.91. The number of benzene rings is 1. The summed E-state index contributed by atoms with van der Waals surface area (Å²) >= 11 is 9.40. The molecule has 4 heteroatoms. The second-order valence-electron chi connectivity index (χ2n) is 2.79. The van der Waals surface area contributed by atoms with Gasteiger partial charge in [0.25, 0.3) is 0 Å². The molecular formula is C10H9ClOS2. The molecule has 0 spiro atoms. The van der Waals surface area contributed by atoms with Crippen LogP contribution in [0.4, 0.5) is 0 Å². The van der Waals surface area contributed by atoms with Crippen LogP contribution in [0.5, 0.6) is 5.06 Å². The molecule has 0 aliphatic rings. The molecular weight excluding hydrogens is 236 g/mol. The first-order chi connectivity index (χ1) is 6.74. The maximum Gasteiger partial charge on any atom is 0.174 e. The van der Waals surface area contributed by atoms with Crippen LogP contribution >= 0.6 is 34.7 Å². The van der Waals surface area contributed by atoms with Gasteiger partial charge in [-0.15, -0.1) is 11.8 Å². The molecule has 0 saturated carbocycles. The number of hydrogen-bond acceptors (Lipinski definition) is 3. The fourth-order valence-electron chi connectivity index (χ4n) is 1.27. The third-order valence-corrected chi connectivity index (χ3v) is 4.23. The predicted octanol–water partition coefficient (Wildman–Crippen LogP) is 4.29. The van der Waals surface area contributed by atoms with Gasteiger partial charge in [-0.1, -0.05) is 22.9 Å². The van der Waals surface area contributed by atoms with Gasteiger partial charge in [-0.25, -0.2) is 0 Å². The molecule has 0 radical (unpaired) electrons. The maximum absolute atomic E-state index is 6.10. The first-order valence-electron chi connectivity index (χ1n) is 4.05. The Morgan fingerprint density at radius 3 is 2.79 bits per heavy atom. The van der Waals surface area contributed by atoms with Crippen molar-refractivity contribution in [3.8, 4) is 5.06 Å². The van der Waals surface area contributed by atoms with Crippen molar-refractivity contribution in [3.05, 3.63) is 23.2 Å². The van der Waals surface area contributed by atoms with Gasteiger partial charge in [-0.3, -0.25) is 0 Å². The summed E-state index contributed by atoms with van der Waals surface area (Å²) < 4.78 is 6.40. The lowest BCUT2D eigenvalue weighted by Crippen LogP contribution is -1.73. The summed E-state index contributed by atoms with van der Waals surface area (Å²) in [6, 6.07) is 6.10. The van der Waals surface area contributed by atoms with Gasteiger partial charge in [0.15, 0.2) is 5.06 Å². The van der Waals surface area contributed by atoms with Crippen molar-refractivity contribution in [1.29, 1.82) is 0 Å². The van der Waals surface area contributed by atoms with E-state index in [2.05, 4.69) is 6.07 Å². The van der Waals surface area contributed by atoms with E-state index in [9.17, 15) is 0 Å². The molecule has 14 heavy (non-hydrogen) atoms. The van der Waals surface area contributed by atoms with Crippen LogP contribution in [0.3, 0.4) is 0 Å². The van der Waals surface area contributed by atoms with Crippen LogP contribution in [0.25, 0.3) is 10.1 Å². The normalized spacial score (nSPS) is 10.8. The van der Waals surface area contributed by atoms with Crippen LogP contribution in [0, 0.1) is 0 Å². The van der Waals surface area contributed by atoms with E-state index >= 15 is 0 Å². The topological polar surface area (TPSA) is 9.23 Å². The van der Waals surface area contributed by atoms with Crippen LogP contribution < -0.4 is 4.74 Å². The molecule has 0 atom stereocenters. The number of thioether (sulfide) groups is 1. The van der Waals surface area contributed by atoms with Crippen LogP contribution in [0.15, 0.2) is 23.1 Å². The van der Waals surface area contributed by atoms with E-state index in [-0.39, 0.29) is 0 Å². The zero-order valence-electron chi connectivity index (χ0n) is 7.83. The molecule has 0 saturated heterocycles. The first kappa shape index (κ1) is 10.1. The number of rotatable bonds is 2. The molecule has 0 bridgehead atoms. The summed E-state index contributed by atoms with van der Waals surface area (Å²) in [7, 11) is 1.68. The van der Waals surface area contributed by atoms with Crippen molar-refractivity contribution in [2.24, 2.45) is 0 Å². The minimum atomic E-state index is 0.811. The van der Waals surface area contributed by atoms with Crippen LogP contribution in [0.1, 0.15) is 0 Å². The van der Waals surface area contributed by atoms with Gasteiger partial charge < -0.3 is 4.74 Å². The maximum atomic E-state index is 6.10. The van der Waals surface area contributed by atoms with Gasteiger partial charge in [-0.05, 0) is 29.8 Å². The summed E-state index contributed by atoms with van der Waals surface area (Å²) in [5.74, 6) is 0. The molecule has 0 unspecified atom stereocenters. The highest BCUT2D eigenvalue weighted by atomic mass is 35.5. The Labute approximate surface area is 96.0 Å². The summed E-state index contributed by atoms with van der Waals surface area (Å²) in [6.07, 6.45) is 2.03. The Balaban J connectivity index is 2.64. The smallest absolute Gasteiger partial charge is 0.174 e. The molecule has 0 aliphatic carbocycles. The molecule has 0 aliphatic heterocycles. The fraction of sp³-hybridized carbons (Fsp3) is 0.200. The average Bonchev–Trinajstić information content (AvgIpc) is 2.58. The summed E-state index contributed by atoms with van der Waals surface area (Å²) in [6.45, 7) is 0. The van der Waals surface area contributed by atoms with Gasteiger partial charge in [-0.2, -0.15) is 0 Å². The van der Waals surface area contributed by atoms with E-state index in [1.54, 1.807) is 30.2 Å². The molecule has 1 nitrogen and oxygen atoms in total. The van der Waals surface area contributed by atoms with E-state index in [0.717, 1.165) is 20.4 Å². The van der Waals surface area contributed by atoms with Crippen molar-refractivity contribution in [3.63, 3.8) is 0 Å². The second-order valence-corrected chi connectivity index (χ2v) is 5.10. The Hall–Kier alpha value is -0.380. The number of hydrogen-bond donors (Lipinski definition) is 0. The third kappa shape index (κ3) is 1.72. The molecule has 1 aromatic heterocycles. The summed E-state index contributed by atoms with van der Waals surface area (Å²) in [5, 5.41) is 2.88. The van der Waals surface area contributed by atoms with Crippen molar-refractivity contribution in [2.75, 3.05) is 13.4 Å². The molecule has 1 aromatic carbocycles. The van der Waals surface area contributed by atoms with Gasteiger partial charge >= 0.3 is 0 Å². The minimum absolute atomic E-state index is 0.811. The van der Waals surface area contributed by atoms with Gasteiger partial charge in [0.1, 0.15) is 0 Å². The van der Waals surface area contributed by atoms with Crippen molar-refractivity contribution < 1.29 is 4.74 Å². The highest BCUT2D eigenvalue weighted by Crippen LogP contribution is 2.37. The Morgan fingerprint density at radius 1 is 1.36 bits per heavy atom. The lowest BCUT2D eigenvalue weighted by Gasteiger charge is -1.99. The molecule has 2 aromatic rings. The quantitative estimate of drug-likeness (QED) is 0.729. The van der Waals surface area contributed by atoms with Crippen molar-refractivity contribution in [1.82, 2.24) is 0 Å². The van der Waals surface area contributed by atoms with Crippen molar-refractivity contribution in [2.45, 2.75) is 4.90 Å². The molecule has 0 amide bonds. The second kappa shape index (κ2) is 4.01. The Bertz CT molecular complexity index is 464. The largest absolute Gasteiger partial charge is 0.487 e. The van der Waals surface area contributed by atoms with E-state index in [0.29, 0.717) is 0 Å². The Morgan fingerprint density at radius 2 is 2.14 bits per heavy atom. The van der Waals surface area contributed by atoms with Gasteiger partial charge in [0.05, 0.1) is 12.1 Å². The monoisotopic (exact) mass is 244 g/mol. The first-order valence-corrected chi connectivity index (χ1v) is 6.47. The SMILES string of the molecule is COc1cc2cc(Cl)c(SC)cc2s1. The third-order valence-electron chi connectivity index (χ3n) is 1.97. The predicted molar refractivity (Wildman–Crippen MR) is 65.2 cm³/mol. The number of fused-ring (bicyclic) bond motifs is 1. The molecule has 74 valence electrons. The average molecular weight is 245 g/mol. The fourth-order valence-corrected chi connectivity index (χ4v) is 3.14. The lowest BCUT2D eigenvalue weighted by atomic mass is 10.3. The number of ether oxygens (including phenoxy) is 1. The van der Waals surface area contributed by atoms with E-state index in [1.165, 1.54) is 4.70 Å². The zero-order valence-corrected chi connectivity index (χ0v) is 10.2. The van der Waals surface area contributed by atoms with E-state index in [1.807, 2.05) is 18.4 Å². The summed E-state index contributed by atoms with van der Waals surface area (Å²) in [4.78, 5) is 1.11. The van der Waals surface area contributed by atoms with Crippen LogP contribution in [0.2, 0.25) is 5.02 Å². The molecule has 0 fully saturated rings. The highest BCUT2D eigenvalue weighted by Gasteiger charge is 2.06. The molecule has 1 heterocycles. The van der Waals surface area contributed by atoms with Gasteiger partial charge in [0.2, 0.25) is 0 Å². The molecule has 0 N–H and O–H groups in total. The molecule has 2 rings (SSSR count).